The quantitative estimate of drug-likeness (QED) is 0.772. The summed E-state index contributed by atoms with van der Waals surface area (Å²) in [6.45, 7) is 4.84. The van der Waals surface area contributed by atoms with E-state index in [1.807, 2.05) is 24.2 Å². The highest BCUT2D eigenvalue weighted by molar-refractivity contribution is 7.17. The van der Waals surface area contributed by atoms with E-state index in [1.165, 1.54) is 29.8 Å². The first-order chi connectivity index (χ1) is 14.2. The molecular weight excluding hydrogens is 382 g/mol. The van der Waals surface area contributed by atoms with Crippen molar-refractivity contribution >= 4 is 29.3 Å². The van der Waals surface area contributed by atoms with Gasteiger partial charge in [0.25, 0.3) is 5.91 Å². The Morgan fingerprint density at radius 3 is 2.79 bits per heavy atom. The lowest BCUT2D eigenvalue weighted by molar-refractivity contribution is 0.0805. The standard InChI is InChI=1S/C22H23N5OS/c1-15-4-6-17(14-23-12-15)27-11-8-18-20(22(27)28)29-21(25-18)16-5-7-19(24-13-16)26-9-2-3-10-26/h5-7,12-14H,2-4,8-11H2,1H3. The van der Waals surface area contributed by atoms with Crippen molar-refractivity contribution in [3.8, 4) is 10.6 Å². The molecule has 1 fully saturated rings. The Morgan fingerprint density at radius 2 is 2.00 bits per heavy atom. The van der Waals surface area contributed by atoms with Crippen molar-refractivity contribution in [3.63, 3.8) is 0 Å². The van der Waals surface area contributed by atoms with E-state index in [1.54, 1.807) is 6.21 Å². The molecule has 0 spiro atoms. The molecule has 29 heavy (non-hydrogen) atoms. The number of allylic oxidation sites excluding steroid dienone is 3. The number of aliphatic imine (C=N–C) groups is 1. The van der Waals surface area contributed by atoms with Crippen LogP contribution in [0.25, 0.3) is 10.6 Å². The van der Waals surface area contributed by atoms with Crippen LogP contribution >= 0.6 is 11.3 Å². The van der Waals surface area contributed by atoms with Gasteiger partial charge in [-0.05, 0) is 38.3 Å². The van der Waals surface area contributed by atoms with Gasteiger partial charge in [-0.15, -0.1) is 11.3 Å². The topological polar surface area (TPSA) is 61.7 Å². The highest BCUT2D eigenvalue weighted by atomic mass is 32.1. The molecule has 0 unspecified atom stereocenters. The van der Waals surface area contributed by atoms with Crippen molar-refractivity contribution in [2.24, 2.45) is 4.99 Å². The Morgan fingerprint density at radius 1 is 1.14 bits per heavy atom. The first-order valence-corrected chi connectivity index (χ1v) is 10.9. The molecule has 5 rings (SSSR count). The first-order valence-electron chi connectivity index (χ1n) is 10.1. The summed E-state index contributed by atoms with van der Waals surface area (Å²) >= 11 is 1.47. The molecule has 0 bridgehead atoms. The zero-order chi connectivity index (χ0) is 19.8. The van der Waals surface area contributed by atoms with E-state index in [2.05, 4.69) is 33.1 Å². The summed E-state index contributed by atoms with van der Waals surface area (Å²) in [5.74, 6) is 1.05. The molecule has 3 aliphatic rings. The van der Waals surface area contributed by atoms with Crippen molar-refractivity contribution < 1.29 is 4.79 Å². The van der Waals surface area contributed by atoms with E-state index < -0.39 is 0 Å². The first kappa shape index (κ1) is 18.2. The lowest BCUT2D eigenvalue weighted by Crippen LogP contribution is -2.36. The van der Waals surface area contributed by atoms with Crippen LogP contribution in [0, 0.1) is 0 Å². The number of carbonyl (C=O) groups is 1. The van der Waals surface area contributed by atoms with Crippen LogP contribution in [0.3, 0.4) is 0 Å². The molecule has 0 saturated carbocycles. The average Bonchev–Trinajstić information content (AvgIpc) is 3.37. The summed E-state index contributed by atoms with van der Waals surface area (Å²) in [6.07, 6.45) is 11.6. The minimum Gasteiger partial charge on any atom is -0.357 e. The number of hydrogen-bond donors (Lipinski definition) is 0. The minimum atomic E-state index is 0.0221. The van der Waals surface area contributed by atoms with Crippen LogP contribution in [0.1, 0.15) is 41.6 Å². The maximum atomic E-state index is 13.1. The average molecular weight is 406 g/mol. The third kappa shape index (κ3) is 3.51. The van der Waals surface area contributed by atoms with Gasteiger partial charge in [-0.3, -0.25) is 9.79 Å². The number of nitrogens with zero attached hydrogens (tertiary/aromatic N) is 5. The van der Waals surface area contributed by atoms with Crippen molar-refractivity contribution in [2.45, 2.75) is 32.6 Å². The summed E-state index contributed by atoms with van der Waals surface area (Å²) < 4.78 is 0. The number of hydrogen-bond acceptors (Lipinski definition) is 6. The SMILES string of the molecule is CC1=CN=CC(N2CCc3nc(-c4ccc(N5CCCC5)nc4)sc3C2=O)=CC1. The summed E-state index contributed by atoms with van der Waals surface area (Å²) in [6, 6.07) is 4.14. The van der Waals surface area contributed by atoms with Gasteiger partial charge in [0.15, 0.2) is 0 Å². The van der Waals surface area contributed by atoms with Gasteiger partial charge in [0.05, 0.1) is 17.6 Å². The van der Waals surface area contributed by atoms with Crippen molar-refractivity contribution in [2.75, 3.05) is 24.5 Å². The number of fused-ring (bicyclic) bond motifs is 1. The third-order valence-electron chi connectivity index (χ3n) is 5.58. The van der Waals surface area contributed by atoms with Gasteiger partial charge in [0.1, 0.15) is 15.7 Å². The van der Waals surface area contributed by atoms with E-state index in [4.69, 9.17) is 4.98 Å². The summed E-state index contributed by atoms with van der Waals surface area (Å²) in [5, 5.41) is 0.867. The number of aromatic nitrogens is 2. The van der Waals surface area contributed by atoms with Crippen molar-refractivity contribution in [1.82, 2.24) is 14.9 Å². The Balaban J connectivity index is 1.38. The number of anilines is 1. The number of amides is 1. The molecule has 0 aliphatic carbocycles. The summed E-state index contributed by atoms with van der Waals surface area (Å²) in [4.78, 5) is 31.7. The molecule has 3 aliphatic heterocycles. The van der Waals surface area contributed by atoms with Gasteiger partial charge in [-0.25, -0.2) is 9.97 Å². The molecule has 7 heteroatoms. The van der Waals surface area contributed by atoms with Crippen LogP contribution in [0.2, 0.25) is 0 Å². The largest absolute Gasteiger partial charge is 0.357 e. The zero-order valence-corrected chi connectivity index (χ0v) is 17.3. The fourth-order valence-corrected chi connectivity index (χ4v) is 4.99. The third-order valence-corrected chi connectivity index (χ3v) is 6.72. The molecule has 2 aromatic rings. The molecule has 1 amide bonds. The molecular formula is C22H23N5OS. The smallest absolute Gasteiger partial charge is 0.270 e. The molecule has 148 valence electrons. The predicted molar refractivity (Wildman–Crippen MR) is 116 cm³/mol. The lowest BCUT2D eigenvalue weighted by atomic mass is 10.1. The maximum absolute atomic E-state index is 13.1. The predicted octanol–water partition coefficient (Wildman–Crippen LogP) is 4.07. The van der Waals surface area contributed by atoms with Crippen LogP contribution in [-0.4, -0.2) is 46.6 Å². The van der Waals surface area contributed by atoms with E-state index in [0.717, 1.165) is 58.6 Å². The van der Waals surface area contributed by atoms with Crippen LogP contribution < -0.4 is 4.90 Å². The molecule has 0 aromatic carbocycles. The van der Waals surface area contributed by atoms with E-state index in [-0.39, 0.29) is 5.91 Å². The van der Waals surface area contributed by atoms with Gasteiger partial charge in [-0.1, -0.05) is 11.6 Å². The fraction of sp³-hybridized carbons (Fsp3) is 0.364. The van der Waals surface area contributed by atoms with E-state index in [9.17, 15) is 4.79 Å². The monoisotopic (exact) mass is 405 g/mol. The van der Waals surface area contributed by atoms with Crippen molar-refractivity contribution in [3.05, 3.63) is 52.4 Å². The van der Waals surface area contributed by atoms with Gasteiger partial charge < -0.3 is 9.80 Å². The van der Waals surface area contributed by atoms with Crippen LogP contribution in [0.5, 0.6) is 0 Å². The van der Waals surface area contributed by atoms with E-state index in [0.29, 0.717) is 6.54 Å². The molecule has 0 atom stereocenters. The van der Waals surface area contributed by atoms with Crippen molar-refractivity contribution in [1.29, 1.82) is 0 Å². The highest BCUT2D eigenvalue weighted by Gasteiger charge is 2.30. The van der Waals surface area contributed by atoms with Crippen LogP contribution in [0.4, 0.5) is 5.82 Å². The molecule has 2 aromatic heterocycles. The lowest BCUT2D eigenvalue weighted by Gasteiger charge is -2.26. The summed E-state index contributed by atoms with van der Waals surface area (Å²) in [5.41, 5.74) is 3.93. The Labute approximate surface area is 174 Å². The second kappa shape index (κ2) is 7.55. The Kier molecular flexibility index (Phi) is 4.75. The van der Waals surface area contributed by atoms with Gasteiger partial charge in [0.2, 0.25) is 0 Å². The van der Waals surface area contributed by atoms with Crippen LogP contribution in [-0.2, 0) is 6.42 Å². The maximum Gasteiger partial charge on any atom is 0.270 e. The molecule has 1 saturated heterocycles. The number of pyridine rings is 1. The normalized spacial score (nSPS) is 19.1. The van der Waals surface area contributed by atoms with Gasteiger partial charge in [0, 0.05) is 44.0 Å². The zero-order valence-electron chi connectivity index (χ0n) is 16.5. The summed E-state index contributed by atoms with van der Waals surface area (Å²) in [7, 11) is 0. The highest BCUT2D eigenvalue weighted by Crippen LogP contribution is 2.33. The second-order valence-corrected chi connectivity index (χ2v) is 8.69. The van der Waals surface area contributed by atoms with Gasteiger partial charge in [-0.2, -0.15) is 0 Å². The molecule has 0 radical (unpaired) electrons. The molecule has 0 N–H and O–H groups in total. The molecule has 5 heterocycles. The fourth-order valence-electron chi connectivity index (χ4n) is 3.94. The number of carbonyl (C=O) groups excluding carboxylic acids is 1. The van der Waals surface area contributed by atoms with Crippen LogP contribution in [0.15, 0.2) is 46.9 Å². The number of thiazole rings is 1. The number of rotatable bonds is 3. The van der Waals surface area contributed by atoms with E-state index >= 15 is 0 Å². The van der Waals surface area contributed by atoms with Gasteiger partial charge >= 0.3 is 0 Å². The second-order valence-electron chi connectivity index (χ2n) is 7.69. The Hall–Kier alpha value is -2.80. The molecule has 6 nitrogen and oxygen atoms in total. The minimum absolute atomic E-state index is 0.0221. The Bertz CT molecular complexity index is 1030.